The zero-order valence-electron chi connectivity index (χ0n) is 7.87. The van der Waals surface area contributed by atoms with Crippen LogP contribution in [0.5, 0.6) is 0 Å². The number of aliphatic carboxylic acids is 1. The predicted molar refractivity (Wildman–Crippen MR) is 45.1 cm³/mol. The molecule has 0 aliphatic heterocycles. The van der Waals surface area contributed by atoms with Gasteiger partial charge in [-0.15, -0.1) is 0 Å². The molecule has 0 spiro atoms. The molecular formula is C9H14O4. The highest BCUT2D eigenvalue weighted by Crippen LogP contribution is 2.55. The minimum atomic E-state index is -1.22. The van der Waals surface area contributed by atoms with Crippen LogP contribution in [0.3, 0.4) is 0 Å². The lowest BCUT2D eigenvalue weighted by Crippen LogP contribution is -2.29. The maximum absolute atomic E-state index is 11.3. The molecule has 0 saturated heterocycles. The molecule has 0 aromatic heterocycles. The number of carboxylic acids is 1. The fraction of sp³-hybridized carbons (Fsp3) is 0.778. The molecule has 1 N–H and O–H groups in total. The molecule has 1 rings (SSSR count). The maximum atomic E-state index is 11.3. The van der Waals surface area contributed by atoms with Crippen LogP contribution in [0, 0.1) is 11.3 Å². The van der Waals surface area contributed by atoms with Gasteiger partial charge in [-0.2, -0.15) is 0 Å². The molecule has 0 radical (unpaired) electrons. The maximum Gasteiger partial charge on any atom is 0.323 e. The van der Waals surface area contributed by atoms with Gasteiger partial charge in [0.1, 0.15) is 0 Å². The summed E-state index contributed by atoms with van der Waals surface area (Å²) in [7, 11) is 0. The molecule has 74 valence electrons. The van der Waals surface area contributed by atoms with E-state index in [4.69, 9.17) is 9.84 Å². The Kier molecular flexibility index (Phi) is 2.59. The highest BCUT2D eigenvalue weighted by molar-refractivity contribution is 6.02. The van der Waals surface area contributed by atoms with Gasteiger partial charge in [-0.25, -0.2) is 0 Å². The van der Waals surface area contributed by atoms with Crippen molar-refractivity contribution in [3.8, 4) is 0 Å². The molecular weight excluding hydrogens is 172 g/mol. The van der Waals surface area contributed by atoms with Crippen molar-refractivity contribution in [1.29, 1.82) is 0 Å². The van der Waals surface area contributed by atoms with Crippen molar-refractivity contribution >= 4 is 11.9 Å². The fourth-order valence-corrected chi connectivity index (χ4v) is 1.68. The largest absolute Gasteiger partial charge is 0.480 e. The van der Waals surface area contributed by atoms with Crippen molar-refractivity contribution in [1.82, 2.24) is 0 Å². The molecule has 2 atom stereocenters. The molecule has 0 aromatic rings. The first-order chi connectivity index (χ1) is 6.09. The standard InChI is InChI=1S/C9H14O4/c1-3-6-5-9(6,7(10)11)8(12)13-4-2/h6H,3-5H2,1-2H3,(H,10,11)/t6-,9+/m0/s1. The second-order valence-corrected chi connectivity index (χ2v) is 3.31. The molecule has 4 nitrogen and oxygen atoms in total. The lowest BCUT2D eigenvalue weighted by Gasteiger charge is -2.09. The Morgan fingerprint density at radius 1 is 1.54 bits per heavy atom. The van der Waals surface area contributed by atoms with Gasteiger partial charge in [-0.1, -0.05) is 13.3 Å². The average Bonchev–Trinajstić information content (AvgIpc) is 2.79. The first kappa shape index (κ1) is 10.0. The van der Waals surface area contributed by atoms with E-state index in [9.17, 15) is 9.59 Å². The van der Waals surface area contributed by atoms with Gasteiger partial charge in [-0.05, 0) is 19.3 Å². The van der Waals surface area contributed by atoms with Crippen LogP contribution in [0.15, 0.2) is 0 Å². The zero-order valence-corrected chi connectivity index (χ0v) is 7.87. The van der Waals surface area contributed by atoms with Crippen LogP contribution in [-0.4, -0.2) is 23.7 Å². The Bertz CT molecular complexity index is 236. The van der Waals surface area contributed by atoms with Crippen LogP contribution in [0.4, 0.5) is 0 Å². The molecule has 0 heterocycles. The summed E-state index contributed by atoms with van der Waals surface area (Å²) in [4.78, 5) is 22.2. The molecule has 0 unspecified atom stereocenters. The Morgan fingerprint density at radius 3 is 2.46 bits per heavy atom. The lowest BCUT2D eigenvalue weighted by atomic mass is 10.0. The summed E-state index contributed by atoms with van der Waals surface area (Å²) in [6.45, 7) is 3.80. The van der Waals surface area contributed by atoms with Gasteiger partial charge in [0.2, 0.25) is 0 Å². The normalized spacial score (nSPS) is 31.1. The van der Waals surface area contributed by atoms with Gasteiger partial charge in [0.25, 0.3) is 0 Å². The van der Waals surface area contributed by atoms with Crippen molar-refractivity contribution in [2.75, 3.05) is 6.61 Å². The molecule has 1 fully saturated rings. The molecule has 0 bridgehead atoms. The number of carbonyl (C=O) groups is 2. The Balaban J connectivity index is 2.72. The van der Waals surface area contributed by atoms with Crippen LogP contribution < -0.4 is 0 Å². The summed E-state index contributed by atoms with van der Waals surface area (Å²) in [5.41, 5.74) is -1.22. The number of hydrogen-bond acceptors (Lipinski definition) is 3. The van der Waals surface area contributed by atoms with E-state index in [1.165, 1.54) is 0 Å². The van der Waals surface area contributed by atoms with Crippen LogP contribution in [-0.2, 0) is 14.3 Å². The quantitative estimate of drug-likeness (QED) is 0.526. The van der Waals surface area contributed by atoms with Crippen molar-refractivity contribution in [2.24, 2.45) is 11.3 Å². The summed E-state index contributed by atoms with van der Waals surface area (Å²) < 4.78 is 4.74. The third kappa shape index (κ3) is 1.41. The summed E-state index contributed by atoms with van der Waals surface area (Å²) >= 11 is 0. The van der Waals surface area contributed by atoms with Gasteiger partial charge < -0.3 is 9.84 Å². The SMILES string of the molecule is CCOC(=O)[C@]1(C(=O)O)C[C@@H]1CC. The smallest absolute Gasteiger partial charge is 0.323 e. The number of rotatable bonds is 4. The Labute approximate surface area is 76.9 Å². The van der Waals surface area contributed by atoms with Crippen LogP contribution in [0.25, 0.3) is 0 Å². The number of ether oxygens (including phenoxy) is 1. The summed E-state index contributed by atoms with van der Waals surface area (Å²) in [6.07, 6.45) is 1.14. The number of hydrogen-bond donors (Lipinski definition) is 1. The molecule has 4 heteroatoms. The van der Waals surface area contributed by atoms with Crippen molar-refractivity contribution in [3.05, 3.63) is 0 Å². The third-order valence-corrected chi connectivity index (χ3v) is 2.62. The van der Waals surface area contributed by atoms with E-state index in [0.29, 0.717) is 12.8 Å². The van der Waals surface area contributed by atoms with Gasteiger partial charge in [0.05, 0.1) is 6.61 Å². The van der Waals surface area contributed by atoms with E-state index in [1.54, 1.807) is 6.92 Å². The second-order valence-electron chi connectivity index (χ2n) is 3.31. The Hall–Kier alpha value is -1.06. The van der Waals surface area contributed by atoms with E-state index in [1.807, 2.05) is 6.92 Å². The molecule has 1 saturated carbocycles. The van der Waals surface area contributed by atoms with Gasteiger partial charge in [-0.3, -0.25) is 9.59 Å². The molecule has 0 aromatic carbocycles. The molecule has 1 aliphatic rings. The predicted octanol–water partition coefficient (Wildman–Crippen LogP) is 1.05. The summed E-state index contributed by atoms with van der Waals surface area (Å²) in [6, 6.07) is 0. The minimum absolute atomic E-state index is 0.0379. The molecule has 13 heavy (non-hydrogen) atoms. The monoisotopic (exact) mass is 186 g/mol. The van der Waals surface area contributed by atoms with E-state index >= 15 is 0 Å². The van der Waals surface area contributed by atoms with E-state index in [2.05, 4.69) is 0 Å². The molecule has 0 amide bonds. The molecule has 1 aliphatic carbocycles. The first-order valence-electron chi connectivity index (χ1n) is 4.50. The van der Waals surface area contributed by atoms with Crippen molar-refractivity contribution in [2.45, 2.75) is 26.7 Å². The van der Waals surface area contributed by atoms with Crippen molar-refractivity contribution in [3.63, 3.8) is 0 Å². The highest BCUT2D eigenvalue weighted by Gasteiger charge is 2.66. The topological polar surface area (TPSA) is 63.6 Å². The van der Waals surface area contributed by atoms with E-state index < -0.39 is 17.4 Å². The Morgan fingerprint density at radius 2 is 2.15 bits per heavy atom. The lowest BCUT2D eigenvalue weighted by molar-refractivity contribution is -0.161. The van der Waals surface area contributed by atoms with E-state index in [-0.39, 0.29) is 12.5 Å². The van der Waals surface area contributed by atoms with E-state index in [0.717, 1.165) is 0 Å². The van der Waals surface area contributed by atoms with Gasteiger partial charge in [0, 0.05) is 0 Å². The van der Waals surface area contributed by atoms with Crippen molar-refractivity contribution < 1.29 is 19.4 Å². The average molecular weight is 186 g/mol. The number of carbonyl (C=O) groups excluding carboxylic acids is 1. The van der Waals surface area contributed by atoms with Crippen LogP contribution >= 0.6 is 0 Å². The fourth-order valence-electron chi connectivity index (χ4n) is 1.68. The minimum Gasteiger partial charge on any atom is -0.480 e. The highest BCUT2D eigenvalue weighted by atomic mass is 16.5. The number of carboxylic acid groups (broad SMARTS) is 1. The third-order valence-electron chi connectivity index (χ3n) is 2.62. The first-order valence-corrected chi connectivity index (χ1v) is 4.50. The second kappa shape index (κ2) is 3.36. The number of esters is 1. The van der Waals surface area contributed by atoms with Gasteiger partial charge >= 0.3 is 11.9 Å². The van der Waals surface area contributed by atoms with Gasteiger partial charge in [0.15, 0.2) is 5.41 Å². The summed E-state index contributed by atoms with van der Waals surface area (Å²) in [5, 5.41) is 8.90. The summed E-state index contributed by atoms with van der Waals surface area (Å²) in [5.74, 6) is -1.66. The zero-order chi connectivity index (χ0) is 10.1. The van der Waals surface area contributed by atoms with Crippen LogP contribution in [0.2, 0.25) is 0 Å². The van der Waals surface area contributed by atoms with Crippen LogP contribution in [0.1, 0.15) is 26.7 Å².